The van der Waals surface area contributed by atoms with Gasteiger partial charge >= 0.3 is 6.18 Å². The van der Waals surface area contributed by atoms with E-state index in [2.05, 4.69) is 5.32 Å². The molecule has 0 heterocycles. The third-order valence-corrected chi connectivity index (χ3v) is 6.62. The molecule has 3 aromatic rings. The predicted octanol–water partition coefficient (Wildman–Crippen LogP) is 4.92. The molecule has 33 heavy (non-hydrogen) atoms. The number of alkyl halides is 3. The number of anilines is 1. The fraction of sp³-hybridized carbons (Fsp3) is 0.174. The van der Waals surface area contributed by atoms with Crippen molar-refractivity contribution in [2.75, 3.05) is 10.8 Å². The molecule has 1 atom stereocenters. The van der Waals surface area contributed by atoms with Crippen LogP contribution < -0.4 is 9.62 Å². The lowest BCUT2D eigenvalue weighted by Crippen LogP contribution is -2.41. The van der Waals surface area contributed by atoms with Crippen LogP contribution in [0.15, 0.2) is 83.8 Å². The van der Waals surface area contributed by atoms with E-state index in [0.29, 0.717) is 15.9 Å². The summed E-state index contributed by atoms with van der Waals surface area (Å²) in [5.74, 6) is -1.20. The topological polar surface area (TPSA) is 66.5 Å². The Kier molecular flexibility index (Phi) is 7.06. The van der Waals surface area contributed by atoms with E-state index in [4.69, 9.17) is 0 Å². The molecule has 0 unspecified atom stereocenters. The van der Waals surface area contributed by atoms with Crippen LogP contribution in [0.1, 0.15) is 24.1 Å². The van der Waals surface area contributed by atoms with E-state index in [9.17, 15) is 30.8 Å². The van der Waals surface area contributed by atoms with E-state index in [-0.39, 0.29) is 10.6 Å². The second-order valence-corrected chi connectivity index (χ2v) is 9.08. The van der Waals surface area contributed by atoms with Crippen LogP contribution in [0.3, 0.4) is 0 Å². The van der Waals surface area contributed by atoms with Gasteiger partial charge in [-0.05, 0) is 55.0 Å². The number of amides is 1. The van der Waals surface area contributed by atoms with Crippen molar-refractivity contribution in [1.82, 2.24) is 5.32 Å². The van der Waals surface area contributed by atoms with E-state index in [0.717, 1.165) is 12.1 Å². The molecular formula is C23H20F4N2O3S. The number of sulfonamides is 1. The molecule has 0 aliphatic rings. The van der Waals surface area contributed by atoms with Gasteiger partial charge < -0.3 is 5.32 Å². The minimum absolute atomic E-state index is 0.179. The fourth-order valence-electron chi connectivity index (χ4n) is 3.12. The summed E-state index contributed by atoms with van der Waals surface area (Å²) in [5.41, 5.74) is -0.784. The first-order valence-corrected chi connectivity index (χ1v) is 11.2. The molecule has 3 rings (SSSR count). The van der Waals surface area contributed by atoms with Gasteiger partial charge in [-0.15, -0.1) is 0 Å². The Morgan fingerprint density at radius 3 is 2.21 bits per heavy atom. The van der Waals surface area contributed by atoms with E-state index in [1.165, 1.54) is 54.6 Å². The fourth-order valence-corrected chi connectivity index (χ4v) is 4.56. The van der Waals surface area contributed by atoms with Gasteiger partial charge in [-0.1, -0.05) is 36.4 Å². The van der Waals surface area contributed by atoms with Gasteiger partial charge in [0.1, 0.15) is 12.4 Å². The highest BCUT2D eigenvalue weighted by atomic mass is 32.2. The zero-order valence-corrected chi connectivity index (χ0v) is 18.2. The number of nitrogens with one attached hydrogen (secondary N) is 1. The van der Waals surface area contributed by atoms with Crippen molar-refractivity contribution in [3.8, 4) is 0 Å². The van der Waals surface area contributed by atoms with Crippen molar-refractivity contribution < 1.29 is 30.8 Å². The summed E-state index contributed by atoms with van der Waals surface area (Å²) in [6.45, 7) is 0.857. The first-order valence-electron chi connectivity index (χ1n) is 9.78. The summed E-state index contributed by atoms with van der Waals surface area (Å²) < 4.78 is 79.9. The minimum atomic E-state index is -4.70. The number of halogens is 4. The van der Waals surface area contributed by atoms with E-state index < -0.39 is 46.1 Å². The van der Waals surface area contributed by atoms with Crippen molar-refractivity contribution >= 4 is 21.6 Å². The Labute approximate surface area is 188 Å². The Balaban J connectivity index is 1.94. The molecule has 0 bridgehead atoms. The highest BCUT2D eigenvalue weighted by Crippen LogP contribution is 2.33. The third-order valence-electron chi connectivity index (χ3n) is 4.83. The number of hydrogen-bond donors (Lipinski definition) is 1. The highest BCUT2D eigenvalue weighted by molar-refractivity contribution is 7.92. The number of benzene rings is 3. The lowest BCUT2D eigenvalue weighted by molar-refractivity contribution is -0.137. The van der Waals surface area contributed by atoms with Gasteiger partial charge in [-0.2, -0.15) is 13.2 Å². The standard InChI is InChI=1S/C23H20F4N2O3S/c1-16(17-10-12-19(24)13-11-17)28-22(30)15-29(33(31,32)21-8-3-2-4-9-21)20-7-5-6-18(14-20)23(25,26)27/h2-14,16H,15H2,1H3,(H,28,30)/t16-/m1/s1. The van der Waals surface area contributed by atoms with Crippen LogP contribution in [0.5, 0.6) is 0 Å². The molecule has 174 valence electrons. The summed E-state index contributed by atoms with van der Waals surface area (Å²) in [7, 11) is -4.36. The summed E-state index contributed by atoms with van der Waals surface area (Å²) >= 11 is 0. The molecule has 5 nitrogen and oxygen atoms in total. The number of hydrogen-bond acceptors (Lipinski definition) is 3. The second kappa shape index (κ2) is 9.62. The van der Waals surface area contributed by atoms with E-state index in [1.807, 2.05) is 0 Å². The van der Waals surface area contributed by atoms with Gasteiger partial charge in [0.15, 0.2) is 0 Å². The Morgan fingerprint density at radius 2 is 1.61 bits per heavy atom. The van der Waals surface area contributed by atoms with E-state index in [1.54, 1.807) is 13.0 Å². The molecule has 0 saturated carbocycles. The van der Waals surface area contributed by atoms with Crippen molar-refractivity contribution in [2.24, 2.45) is 0 Å². The van der Waals surface area contributed by atoms with Crippen molar-refractivity contribution in [3.63, 3.8) is 0 Å². The average molecular weight is 480 g/mol. The summed E-state index contributed by atoms with van der Waals surface area (Å²) in [6.07, 6.45) is -4.70. The SMILES string of the molecule is C[C@@H](NC(=O)CN(c1cccc(C(F)(F)F)c1)S(=O)(=O)c1ccccc1)c1ccc(F)cc1. The molecule has 1 N–H and O–H groups in total. The molecule has 0 aromatic heterocycles. The van der Waals surface area contributed by atoms with Gasteiger partial charge in [-0.25, -0.2) is 12.8 Å². The number of nitrogens with zero attached hydrogens (tertiary/aromatic N) is 1. The van der Waals surface area contributed by atoms with Gasteiger partial charge in [-0.3, -0.25) is 9.10 Å². The summed E-state index contributed by atoms with van der Waals surface area (Å²) in [4.78, 5) is 12.5. The van der Waals surface area contributed by atoms with Crippen LogP contribution in [-0.4, -0.2) is 20.9 Å². The molecule has 0 fully saturated rings. The molecule has 0 aliphatic heterocycles. The van der Waals surface area contributed by atoms with Crippen molar-refractivity contribution in [3.05, 3.63) is 95.8 Å². The van der Waals surface area contributed by atoms with Crippen LogP contribution in [0, 0.1) is 5.82 Å². The molecule has 0 saturated heterocycles. The number of carbonyl (C=O) groups is 1. The molecular weight excluding hydrogens is 460 g/mol. The predicted molar refractivity (Wildman–Crippen MR) is 115 cm³/mol. The Hall–Kier alpha value is -3.40. The van der Waals surface area contributed by atoms with Crippen LogP contribution in [0.25, 0.3) is 0 Å². The molecule has 0 aliphatic carbocycles. The summed E-state index contributed by atoms with van der Waals surface area (Å²) in [6, 6.07) is 15.6. The van der Waals surface area contributed by atoms with Crippen molar-refractivity contribution in [1.29, 1.82) is 0 Å². The van der Waals surface area contributed by atoms with Crippen molar-refractivity contribution in [2.45, 2.75) is 24.0 Å². The molecule has 10 heteroatoms. The Morgan fingerprint density at radius 1 is 0.970 bits per heavy atom. The van der Waals surface area contributed by atoms with Gasteiger partial charge in [0, 0.05) is 0 Å². The molecule has 1 amide bonds. The largest absolute Gasteiger partial charge is 0.416 e. The first-order chi connectivity index (χ1) is 15.5. The van der Waals surface area contributed by atoms with Crippen LogP contribution in [0.2, 0.25) is 0 Å². The zero-order chi connectivity index (χ0) is 24.2. The Bertz CT molecular complexity index is 1210. The lowest BCUT2D eigenvalue weighted by Gasteiger charge is -2.25. The van der Waals surface area contributed by atoms with Gasteiger partial charge in [0.05, 0.1) is 22.2 Å². The normalized spacial score (nSPS) is 12.8. The van der Waals surface area contributed by atoms with Crippen LogP contribution in [-0.2, 0) is 21.0 Å². The maximum atomic E-state index is 13.2. The highest BCUT2D eigenvalue weighted by Gasteiger charge is 2.33. The number of carbonyl (C=O) groups excluding carboxylic acids is 1. The minimum Gasteiger partial charge on any atom is -0.348 e. The number of rotatable bonds is 7. The van der Waals surface area contributed by atoms with E-state index >= 15 is 0 Å². The maximum absolute atomic E-state index is 13.2. The second-order valence-electron chi connectivity index (χ2n) is 7.21. The smallest absolute Gasteiger partial charge is 0.348 e. The maximum Gasteiger partial charge on any atom is 0.416 e. The average Bonchev–Trinajstić information content (AvgIpc) is 2.78. The molecule has 3 aromatic carbocycles. The summed E-state index contributed by atoms with van der Waals surface area (Å²) in [5, 5.41) is 2.59. The molecule has 0 spiro atoms. The van der Waals surface area contributed by atoms with Crippen LogP contribution in [0.4, 0.5) is 23.2 Å². The third kappa shape index (κ3) is 5.89. The van der Waals surface area contributed by atoms with Gasteiger partial charge in [0.25, 0.3) is 10.0 Å². The van der Waals surface area contributed by atoms with Crippen LogP contribution >= 0.6 is 0 Å². The molecule has 0 radical (unpaired) electrons. The quantitative estimate of drug-likeness (QED) is 0.489. The zero-order valence-electron chi connectivity index (χ0n) is 17.4. The van der Waals surface area contributed by atoms with Gasteiger partial charge in [0.2, 0.25) is 5.91 Å². The first kappa shape index (κ1) is 24.2. The monoisotopic (exact) mass is 480 g/mol. The lowest BCUT2D eigenvalue weighted by atomic mass is 10.1.